The lowest BCUT2D eigenvalue weighted by Gasteiger charge is -2.48. The monoisotopic (exact) mass is 354 g/mol. The van der Waals surface area contributed by atoms with Crippen molar-refractivity contribution in [1.29, 1.82) is 5.26 Å². The molecule has 1 aromatic rings. The summed E-state index contributed by atoms with van der Waals surface area (Å²) >= 11 is 1.60. The number of aryl methyl sites for hydroxylation is 1. The first-order valence-corrected chi connectivity index (χ1v) is 9.89. The van der Waals surface area contributed by atoms with Crippen LogP contribution in [-0.2, 0) is 11.2 Å². The molecule has 1 amide bonds. The fourth-order valence-electron chi connectivity index (χ4n) is 4.70. The number of nitrogens with one attached hydrogen (secondary N) is 1. The minimum atomic E-state index is -0.374. The molecule has 0 aromatic heterocycles. The Morgan fingerprint density at radius 1 is 1.28 bits per heavy atom. The van der Waals surface area contributed by atoms with Crippen LogP contribution >= 0.6 is 11.8 Å². The van der Waals surface area contributed by atoms with Gasteiger partial charge < -0.3 is 10.4 Å². The topological polar surface area (TPSA) is 73.1 Å². The zero-order chi connectivity index (χ0) is 17.4. The number of nitriles is 1. The van der Waals surface area contributed by atoms with Crippen molar-refractivity contribution in [2.45, 2.75) is 49.0 Å². The second-order valence-electron chi connectivity index (χ2n) is 7.23. The Morgan fingerprint density at radius 2 is 2.08 bits per heavy atom. The number of aliphatic hydroxyl groups excluding tert-OH is 1. The van der Waals surface area contributed by atoms with Crippen LogP contribution in [0, 0.1) is 23.2 Å². The van der Waals surface area contributed by atoms with Crippen LogP contribution in [0.15, 0.2) is 35.7 Å². The SMILES string of the molecule is N#CCCc1ccc(C2C(O)CCC3NC(=O)C4SC=CC4C32)cc1. The Hall–Kier alpha value is -1.77. The van der Waals surface area contributed by atoms with Gasteiger partial charge in [0, 0.05) is 24.3 Å². The van der Waals surface area contributed by atoms with E-state index >= 15 is 0 Å². The fraction of sp³-hybridized carbons (Fsp3) is 0.500. The van der Waals surface area contributed by atoms with Crippen molar-refractivity contribution >= 4 is 17.7 Å². The van der Waals surface area contributed by atoms with E-state index < -0.39 is 0 Å². The number of piperidine rings is 1. The van der Waals surface area contributed by atoms with Crippen molar-refractivity contribution < 1.29 is 9.90 Å². The number of fused-ring (bicyclic) bond motifs is 3. The van der Waals surface area contributed by atoms with Gasteiger partial charge in [-0.05, 0) is 41.7 Å². The van der Waals surface area contributed by atoms with Crippen LogP contribution in [0.1, 0.15) is 36.3 Å². The van der Waals surface area contributed by atoms with Gasteiger partial charge in [0.1, 0.15) is 0 Å². The smallest absolute Gasteiger partial charge is 0.234 e. The second-order valence-corrected chi connectivity index (χ2v) is 8.28. The maximum atomic E-state index is 12.3. The highest BCUT2D eigenvalue weighted by molar-refractivity contribution is 8.03. The lowest BCUT2D eigenvalue weighted by molar-refractivity contribution is -0.126. The molecule has 1 saturated heterocycles. The molecule has 4 nitrogen and oxygen atoms in total. The van der Waals surface area contributed by atoms with E-state index in [0.29, 0.717) is 6.42 Å². The third-order valence-electron chi connectivity index (χ3n) is 5.86. The average molecular weight is 354 g/mol. The number of rotatable bonds is 3. The number of allylic oxidation sites excluding steroid dienone is 1. The van der Waals surface area contributed by atoms with Crippen LogP contribution < -0.4 is 5.32 Å². The van der Waals surface area contributed by atoms with Crippen LogP contribution in [0.4, 0.5) is 0 Å². The Balaban J connectivity index is 1.63. The van der Waals surface area contributed by atoms with E-state index in [0.717, 1.165) is 30.4 Å². The highest BCUT2D eigenvalue weighted by Crippen LogP contribution is 2.50. The first kappa shape index (κ1) is 16.7. The molecule has 3 aliphatic rings. The van der Waals surface area contributed by atoms with E-state index in [1.165, 1.54) is 0 Å². The second kappa shape index (κ2) is 6.86. The molecular weight excluding hydrogens is 332 g/mol. The molecule has 0 bridgehead atoms. The van der Waals surface area contributed by atoms with Crippen molar-refractivity contribution in [3.63, 3.8) is 0 Å². The fourth-order valence-corrected chi connectivity index (χ4v) is 5.79. The standard InChI is InChI=1S/C20H22N2O2S/c21-10-1-2-12-3-5-13(6-4-12)17-16(23)8-7-15-18(17)14-9-11-25-19(14)20(24)22-15/h3-6,9,11,14-19,23H,1-2,7-8H2,(H,22,24). The number of carbonyl (C=O) groups is 1. The normalized spacial score (nSPS) is 36.2. The van der Waals surface area contributed by atoms with E-state index in [9.17, 15) is 9.90 Å². The molecule has 25 heavy (non-hydrogen) atoms. The maximum absolute atomic E-state index is 12.3. The molecule has 1 aliphatic carbocycles. The molecule has 5 heteroatoms. The summed E-state index contributed by atoms with van der Waals surface area (Å²) in [6.45, 7) is 0. The largest absolute Gasteiger partial charge is 0.392 e. The highest BCUT2D eigenvalue weighted by Gasteiger charge is 2.51. The minimum absolute atomic E-state index is 0.0419. The van der Waals surface area contributed by atoms with E-state index in [1.807, 2.05) is 5.41 Å². The van der Waals surface area contributed by atoms with Crippen LogP contribution in [0.2, 0.25) is 0 Å². The summed E-state index contributed by atoms with van der Waals surface area (Å²) in [5.41, 5.74) is 2.29. The zero-order valence-electron chi connectivity index (χ0n) is 14.0. The number of amides is 1. The first-order chi connectivity index (χ1) is 12.2. The molecule has 6 unspecified atom stereocenters. The molecule has 1 aromatic carbocycles. The summed E-state index contributed by atoms with van der Waals surface area (Å²) in [5, 5.41) is 24.7. The van der Waals surface area contributed by atoms with Gasteiger partial charge >= 0.3 is 0 Å². The maximum Gasteiger partial charge on any atom is 0.234 e. The van der Waals surface area contributed by atoms with Gasteiger partial charge in [-0.2, -0.15) is 5.26 Å². The molecule has 2 aliphatic heterocycles. The quantitative estimate of drug-likeness (QED) is 0.875. The average Bonchev–Trinajstić information content (AvgIpc) is 3.12. The summed E-state index contributed by atoms with van der Waals surface area (Å²) in [4.78, 5) is 12.3. The number of carbonyl (C=O) groups excluding carboxylic acids is 1. The minimum Gasteiger partial charge on any atom is -0.392 e. The third kappa shape index (κ3) is 2.98. The number of aliphatic hydroxyl groups is 1. The molecule has 2 N–H and O–H groups in total. The molecule has 2 fully saturated rings. The Kier molecular flexibility index (Phi) is 4.58. The van der Waals surface area contributed by atoms with Crippen molar-refractivity contribution in [1.82, 2.24) is 5.32 Å². The van der Waals surface area contributed by atoms with E-state index in [1.54, 1.807) is 11.8 Å². The highest BCUT2D eigenvalue weighted by atomic mass is 32.2. The number of thioether (sulfide) groups is 1. The molecular formula is C20H22N2O2S. The van der Waals surface area contributed by atoms with Crippen molar-refractivity contribution in [2.24, 2.45) is 11.8 Å². The third-order valence-corrected chi connectivity index (χ3v) is 7.00. The van der Waals surface area contributed by atoms with Gasteiger partial charge in [0.15, 0.2) is 0 Å². The van der Waals surface area contributed by atoms with Gasteiger partial charge in [-0.3, -0.25) is 4.79 Å². The predicted octanol–water partition coefficient (Wildman–Crippen LogP) is 2.74. The summed E-state index contributed by atoms with van der Waals surface area (Å²) < 4.78 is 0. The van der Waals surface area contributed by atoms with Crippen molar-refractivity contribution in [2.75, 3.05) is 0 Å². The summed E-state index contributed by atoms with van der Waals surface area (Å²) in [7, 11) is 0. The number of hydrogen-bond acceptors (Lipinski definition) is 4. The molecule has 1 saturated carbocycles. The molecule has 2 heterocycles. The van der Waals surface area contributed by atoms with E-state index in [4.69, 9.17) is 5.26 Å². The van der Waals surface area contributed by atoms with Gasteiger partial charge in [0.2, 0.25) is 5.91 Å². The van der Waals surface area contributed by atoms with Crippen LogP contribution in [0.3, 0.4) is 0 Å². The zero-order valence-corrected chi connectivity index (χ0v) is 14.8. The lowest BCUT2D eigenvalue weighted by atomic mass is 9.63. The Bertz CT molecular complexity index is 724. The van der Waals surface area contributed by atoms with E-state index in [-0.39, 0.29) is 41.1 Å². The van der Waals surface area contributed by atoms with Crippen LogP contribution in [0.25, 0.3) is 0 Å². The first-order valence-electron chi connectivity index (χ1n) is 8.95. The van der Waals surface area contributed by atoms with Gasteiger partial charge in [-0.15, -0.1) is 11.8 Å². The lowest BCUT2D eigenvalue weighted by Crippen LogP contribution is -2.59. The number of hydrogen-bond donors (Lipinski definition) is 2. The Labute approximate surface area is 152 Å². The summed E-state index contributed by atoms with van der Waals surface area (Å²) in [6, 6.07) is 10.7. The summed E-state index contributed by atoms with van der Waals surface area (Å²) in [6.07, 6.45) is 4.63. The van der Waals surface area contributed by atoms with Gasteiger partial charge in [0.25, 0.3) is 0 Å². The van der Waals surface area contributed by atoms with Gasteiger partial charge in [0.05, 0.1) is 17.4 Å². The van der Waals surface area contributed by atoms with Gasteiger partial charge in [-0.1, -0.05) is 30.3 Å². The van der Waals surface area contributed by atoms with Crippen LogP contribution in [0.5, 0.6) is 0 Å². The number of benzene rings is 1. The summed E-state index contributed by atoms with van der Waals surface area (Å²) in [5.74, 6) is 0.619. The van der Waals surface area contributed by atoms with Gasteiger partial charge in [-0.25, -0.2) is 0 Å². The molecule has 130 valence electrons. The predicted molar refractivity (Wildman–Crippen MR) is 97.8 cm³/mol. The number of nitrogens with zero attached hydrogens (tertiary/aromatic N) is 1. The van der Waals surface area contributed by atoms with Crippen molar-refractivity contribution in [3.05, 3.63) is 46.9 Å². The molecule has 0 spiro atoms. The molecule has 4 rings (SSSR count). The molecule has 6 atom stereocenters. The molecule has 0 radical (unpaired) electrons. The van der Waals surface area contributed by atoms with Crippen molar-refractivity contribution in [3.8, 4) is 6.07 Å². The Morgan fingerprint density at radius 3 is 2.84 bits per heavy atom. The van der Waals surface area contributed by atoms with Crippen LogP contribution in [-0.4, -0.2) is 28.4 Å². The van der Waals surface area contributed by atoms with E-state index in [2.05, 4.69) is 41.7 Å².